The van der Waals surface area contributed by atoms with E-state index in [4.69, 9.17) is 14.6 Å². The van der Waals surface area contributed by atoms with Gasteiger partial charge in [0, 0.05) is 18.7 Å². The molecule has 7 heteroatoms. The summed E-state index contributed by atoms with van der Waals surface area (Å²) >= 11 is 0. The minimum atomic E-state index is -3.70. The number of ether oxygens (including phenoxy) is 2. The number of hydrogen-bond acceptors (Lipinski definition) is 5. The Morgan fingerprint density at radius 2 is 2.00 bits per heavy atom. The molecule has 0 fully saturated rings. The number of nitrogens with one attached hydrogen (secondary N) is 1. The first kappa shape index (κ1) is 16.7. The first-order valence-corrected chi connectivity index (χ1v) is 7.78. The van der Waals surface area contributed by atoms with Gasteiger partial charge >= 0.3 is 0 Å². The van der Waals surface area contributed by atoms with Gasteiger partial charge in [0.05, 0.1) is 14.2 Å². The van der Waals surface area contributed by atoms with Gasteiger partial charge < -0.3 is 14.6 Å². The van der Waals surface area contributed by atoms with E-state index in [0.29, 0.717) is 18.6 Å². The van der Waals surface area contributed by atoms with Crippen molar-refractivity contribution in [3.8, 4) is 11.5 Å². The SMILES string of the molecule is COc1ccc(OC)c(S(=O)(=O)NC(C)CCCO)c1. The maximum atomic E-state index is 12.3. The molecular formula is C13H21NO5S. The van der Waals surface area contributed by atoms with Gasteiger partial charge in [-0.3, -0.25) is 0 Å². The monoisotopic (exact) mass is 303 g/mol. The Balaban J connectivity index is 3.01. The lowest BCUT2D eigenvalue weighted by Gasteiger charge is -2.16. The van der Waals surface area contributed by atoms with Gasteiger partial charge in [0.25, 0.3) is 0 Å². The molecule has 20 heavy (non-hydrogen) atoms. The lowest BCUT2D eigenvalue weighted by molar-refractivity contribution is 0.279. The molecule has 1 atom stereocenters. The molecule has 0 bridgehead atoms. The van der Waals surface area contributed by atoms with E-state index >= 15 is 0 Å². The Kier molecular flexibility index (Phi) is 6.25. The average molecular weight is 303 g/mol. The van der Waals surface area contributed by atoms with E-state index in [1.807, 2.05) is 0 Å². The van der Waals surface area contributed by atoms with Gasteiger partial charge in [0.2, 0.25) is 10.0 Å². The van der Waals surface area contributed by atoms with E-state index in [2.05, 4.69) is 4.72 Å². The minimum absolute atomic E-state index is 0.0363. The van der Waals surface area contributed by atoms with Crippen LogP contribution >= 0.6 is 0 Å². The smallest absolute Gasteiger partial charge is 0.244 e. The van der Waals surface area contributed by atoms with Crippen molar-refractivity contribution in [3.05, 3.63) is 18.2 Å². The zero-order valence-electron chi connectivity index (χ0n) is 11.9. The van der Waals surface area contributed by atoms with Crippen molar-refractivity contribution < 1.29 is 23.0 Å². The molecule has 0 aliphatic rings. The lowest BCUT2D eigenvalue weighted by Crippen LogP contribution is -2.33. The Morgan fingerprint density at radius 3 is 2.55 bits per heavy atom. The molecule has 0 aliphatic heterocycles. The number of aliphatic hydroxyl groups excluding tert-OH is 1. The van der Waals surface area contributed by atoms with E-state index in [9.17, 15) is 8.42 Å². The molecule has 1 unspecified atom stereocenters. The first-order valence-electron chi connectivity index (χ1n) is 6.29. The third-order valence-corrected chi connectivity index (χ3v) is 4.42. The molecule has 0 heterocycles. The highest BCUT2D eigenvalue weighted by atomic mass is 32.2. The third kappa shape index (κ3) is 4.36. The summed E-state index contributed by atoms with van der Waals surface area (Å²) in [6, 6.07) is 4.32. The Labute approximate surface area is 119 Å². The van der Waals surface area contributed by atoms with Crippen LogP contribution in [0.3, 0.4) is 0 Å². The highest BCUT2D eigenvalue weighted by Crippen LogP contribution is 2.28. The molecule has 0 aromatic heterocycles. The number of hydrogen-bond donors (Lipinski definition) is 2. The van der Waals surface area contributed by atoms with Crippen molar-refractivity contribution in [2.75, 3.05) is 20.8 Å². The zero-order valence-corrected chi connectivity index (χ0v) is 12.7. The molecule has 6 nitrogen and oxygen atoms in total. The van der Waals surface area contributed by atoms with Gasteiger partial charge in [-0.2, -0.15) is 0 Å². The van der Waals surface area contributed by atoms with E-state index in [1.165, 1.54) is 20.3 Å². The molecule has 2 N–H and O–H groups in total. The second kappa shape index (κ2) is 7.47. The molecular weight excluding hydrogens is 282 g/mol. The topological polar surface area (TPSA) is 84.9 Å². The van der Waals surface area contributed by atoms with Crippen LogP contribution in [0.1, 0.15) is 19.8 Å². The number of sulfonamides is 1. The summed E-state index contributed by atoms with van der Waals surface area (Å²) in [6.45, 7) is 1.79. The van der Waals surface area contributed by atoms with Crippen molar-refractivity contribution in [3.63, 3.8) is 0 Å². The van der Waals surface area contributed by atoms with Gasteiger partial charge in [-0.05, 0) is 31.9 Å². The molecule has 0 spiro atoms. The largest absolute Gasteiger partial charge is 0.497 e. The summed E-state index contributed by atoms with van der Waals surface area (Å²) in [4.78, 5) is 0.0372. The Morgan fingerprint density at radius 1 is 1.30 bits per heavy atom. The fourth-order valence-electron chi connectivity index (χ4n) is 1.78. The maximum absolute atomic E-state index is 12.3. The Bertz CT molecular complexity index is 530. The first-order chi connectivity index (χ1) is 9.44. The quantitative estimate of drug-likeness (QED) is 0.752. The van der Waals surface area contributed by atoms with Gasteiger partial charge in [0.1, 0.15) is 16.4 Å². The van der Waals surface area contributed by atoms with Crippen molar-refractivity contribution in [1.82, 2.24) is 4.72 Å². The summed E-state index contributed by atoms with van der Waals surface area (Å²) < 4.78 is 37.4. The molecule has 0 amide bonds. The Hall–Kier alpha value is -1.31. The summed E-state index contributed by atoms with van der Waals surface area (Å²) in [5.41, 5.74) is 0. The number of aliphatic hydroxyl groups is 1. The van der Waals surface area contributed by atoms with E-state index in [0.717, 1.165) is 0 Å². The van der Waals surface area contributed by atoms with Crippen molar-refractivity contribution in [2.24, 2.45) is 0 Å². The predicted molar refractivity (Wildman–Crippen MR) is 75.6 cm³/mol. The molecule has 1 aromatic rings. The second-order valence-electron chi connectivity index (χ2n) is 4.40. The molecule has 0 radical (unpaired) electrons. The minimum Gasteiger partial charge on any atom is -0.497 e. The highest BCUT2D eigenvalue weighted by Gasteiger charge is 2.22. The van der Waals surface area contributed by atoms with Crippen molar-refractivity contribution >= 4 is 10.0 Å². The van der Waals surface area contributed by atoms with E-state index < -0.39 is 10.0 Å². The van der Waals surface area contributed by atoms with Gasteiger partial charge in [-0.25, -0.2) is 13.1 Å². The number of benzene rings is 1. The lowest BCUT2D eigenvalue weighted by atomic mass is 10.2. The summed E-state index contributed by atoms with van der Waals surface area (Å²) in [7, 11) is -0.821. The maximum Gasteiger partial charge on any atom is 0.244 e. The van der Waals surface area contributed by atoms with Gasteiger partial charge in [-0.1, -0.05) is 0 Å². The number of rotatable bonds is 8. The number of methoxy groups -OCH3 is 2. The third-order valence-electron chi connectivity index (χ3n) is 2.81. The normalized spacial score (nSPS) is 13.0. The van der Waals surface area contributed by atoms with Crippen LogP contribution in [-0.4, -0.2) is 40.4 Å². The van der Waals surface area contributed by atoms with Crippen LogP contribution in [0.5, 0.6) is 11.5 Å². The van der Waals surface area contributed by atoms with Gasteiger partial charge in [0.15, 0.2) is 0 Å². The van der Waals surface area contributed by atoms with Crippen LogP contribution < -0.4 is 14.2 Å². The fourth-order valence-corrected chi connectivity index (χ4v) is 3.24. The summed E-state index contributed by atoms with van der Waals surface area (Å²) in [5.74, 6) is 0.696. The average Bonchev–Trinajstić information content (AvgIpc) is 2.43. The molecule has 114 valence electrons. The highest BCUT2D eigenvalue weighted by molar-refractivity contribution is 7.89. The van der Waals surface area contributed by atoms with Crippen LogP contribution in [0.25, 0.3) is 0 Å². The van der Waals surface area contributed by atoms with Crippen molar-refractivity contribution in [2.45, 2.75) is 30.7 Å². The van der Waals surface area contributed by atoms with Gasteiger partial charge in [-0.15, -0.1) is 0 Å². The standard InChI is InChI=1S/C13H21NO5S/c1-10(5-4-8-15)14-20(16,17)13-9-11(18-2)6-7-12(13)19-3/h6-7,9-10,14-15H,4-5,8H2,1-3H3. The van der Waals surface area contributed by atoms with Crippen LogP contribution in [0.15, 0.2) is 23.1 Å². The zero-order chi connectivity index (χ0) is 15.2. The molecule has 0 saturated heterocycles. The van der Waals surface area contributed by atoms with Crippen LogP contribution in [0.2, 0.25) is 0 Å². The molecule has 1 rings (SSSR count). The van der Waals surface area contributed by atoms with Crippen LogP contribution in [0, 0.1) is 0 Å². The fraction of sp³-hybridized carbons (Fsp3) is 0.538. The molecule has 0 aliphatic carbocycles. The molecule has 0 saturated carbocycles. The van der Waals surface area contributed by atoms with E-state index in [1.54, 1.807) is 19.1 Å². The predicted octanol–water partition coefficient (Wildman–Crippen LogP) is 1.14. The summed E-state index contributed by atoms with van der Waals surface area (Å²) in [6.07, 6.45) is 1.10. The van der Waals surface area contributed by atoms with Crippen molar-refractivity contribution in [1.29, 1.82) is 0 Å². The van der Waals surface area contributed by atoms with E-state index in [-0.39, 0.29) is 23.3 Å². The second-order valence-corrected chi connectivity index (χ2v) is 6.09. The summed E-state index contributed by atoms with van der Waals surface area (Å²) in [5, 5.41) is 8.77. The van der Waals surface area contributed by atoms with Crippen LogP contribution in [0.4, 0.5) is 0 Å². The molecule has 1 aromatic carbocycles. The van der Waals surface area contributed by atoms with Crippen LogP contribution in [-0.2, 0) is 10.0 Å².